The standard InChI is InChI=1S/C15H18N2O4/c18-12-3-1-2-10(12)7-16-15(20)9-4-5-13-11(6-9)17-14(19)8-21-13/h4-6,10,12,18H,1-3,7-8H2,(H,16,20)(H,17,19). The van der Waals surface area contributed by atoms with Crippen molar-refractivity contribution in [2.24, 2.45) is 5.92 Å². The number of carbonyl (C=O) groups is 2. The van der Waals surface area contributed by atoms with Gasteiger partial charge in [-0.1, -0.05) is 6.42 Å². The summed E-state index contributed by atoms with van der Waals surface area (Å²) in [5, 5.41) is 15.3. The molecule has 3 rings (SSSR count). The Balaban J connectivity index is 1.64. The fourth-order valence-corrected chi connectivity index (χ4v) is 2.81. The lowest BCUT2D eigenvalue weighted by Gasteiger charge is -2.19. The highest BCUT2D eigenvalue weighted by Crippen LogP contribution is 2.28. The highest BCUT2D eigenvalue weighted by molar-refractivity contribution is 5.99. The van der Waals surface area contributed by atoms with Gasteiger partial charge in [0.2, 0.25) is 0 Å². The largest absolute Gasteiger partial charge is 0.482 e. The van der Waals surface area contributed by atoms with Crippen molar-refractivity contribution in [1.82, 2.24) is 5.32 Å². The molecule has 1 aromatic rings. The van der Waals surface area contributed by atoms with Crippen molar-refractivity contribution < 1.29 is 19.4 Å². The quantitative estimate of drug-likeness (QED) is 0.772. The molecule has 1 fully saturated rings. The number of aliphatic hydroxyl groups excluding tert-OH is 1. The highest BCUT2D eigenvalue weighted by atomic mass is 16.5. The van der Waals surface area contributed by atoms with Crippen LogP contribution in [0.3, 0.4) is 0 Å². The number of carbonyl (C=O) groups excluding carboxylic acids is 2. The molecule has 1 saturated carbocycles. The summed E-state index contributed by atoms with van der Waals surface area (Å²) in [7, 11) is 0. The number of benzene rings is 1. The first-order valence-electron chi connectivity index (χ1n) is 7.16. The first-order valence-corrected chi connectivity index (χ1v) is 7.16. The van der Waals surface area contributed by atoms with Crippen LogP contribution in [0.5, 0.6) is 5.75 Å². The highest BCUT2D eigenvalue weighted by Gasteiger charge is 2.25. The maximum Gasteiger partial charge on any atom is 0.262 e. The third kappa shape index (κ3) is 3.00. The maximum absolute atomic E-state index is 12.1. The number of nitrogens with one attached hydrogen (secondary N) is 2. The summed E-state index contributed by atoms with van der Waals surface area (Å²) in [5.74, 6) is 0.262. The van der Waals surface area contributed by atoms with Crippen molar-refractivity contribution in [2.75, 3.05) is 18.5 Å². The van der Waals surface area contributed by atoms with E-state index in [9.17, 15) is 14.7 Å². The van der Waals surface area contributed by atoms with Crippen LogP contribution in [0.15, 0.2) is 18.2 Å². The van der Waals surface area contributed by atoms with Crippen LogP contribution in [0.1, 0.15) is 29.6 Å². The predicted octanol–water partition coefficient (Wildman–Crippen LogP) is 0.908. The molecule has 2 amide bonds. The maximum atomic E-state index is 12.1. The number of hydrogen-bond donors (Lipinski definition) is 3. The van der Waals surface area contributed by atoms with Gasteiger partial charge < -0.3 is 20.5 Å². The smallest absolute Gasteiger partial charge is 0.262 e. The van der Waals surface area contributed by atoms with E-state index in [1.807, 2.05) is 0 Å². The monoisotopic (exact) mass is 290 g/mol. The molecule has 21 heavy (non-hydrogen) atoms. The van der Waals surface area contributed by atoms with Crippen LogP contribution in [0.2, 0.25) is 0 Å². The van der Waals surface area contributed by atoms with Crippen LogP contribution in [-0.2, 0) is 4.79 Å². The average molecular weight is 290 g/mol. The van der Waals surface area contributed by atoms with Crippen LogP contribution in [-0.4, -0.2) is 36.2 Å². The Kier molecular flexibility index (Phi) is 3.79. The Morgan fingerprint density at radius 2 is 2.29 bits per heavy atom. The number of amides is 2. The Morgan fingerprint density at radius 3 is 3.05 bits per heavy atom. The topological polar surface area (TPSA) is 87.7 Å². The zero-order valence-corrected chi connectivity index (χ0v) is 11.6. The van der Waals surface area contributed by atoms with Gasteiger partial charge in [0.15, 0.2) is 6.61 Å². The molecule has 6 nitrogen and oxygen atoms in total. The molecule has 3 N–H and O–H groups in total. The second-order valence-electron chi connectivity index (χ2n) is 5.52. The molecule has 6 heteroatoms. The molecule has 1 aliphatic carbocycles. The molecule has 0 aromatic heterocycles. The van der Waals surface area contributed by atoms with Crippen molar-refractivity contribution in [3.05, 3.63) is 23.8 Å². The van der Waals surface area contributed by atoms with E-state index in [0.717, 1.165) is 19.3 Å². The van der Waals surface area contributed by atoms with Crippen LogP contribution in [0, 0.1) is 5.92 Å². The lowest BCUT2D eigenvalue weighted by Crippen LogP contribution is -2.32. The van der Waals surface area contributed by atoms with Gasteiger partial charge in [-0.05, 0) is 31.0 Å². The Bertz CT molecular complexity index is 573. The van der Waals surface area contributed by atoms with Gasteiger partial charge in [-0.15, -0.1) is 0 Å². The second-order valence-corrected chi connectivity index (χ2v) is 5.52. The average Bonchev–Trinajstić information content (AvgIpc) is 2.89. The minimum absolute atomic E-state index is 0.00187. The summed E-state index contributed by atoms with van der Waals surface area (Å²) >= 11 is 0. The van der Waals surface area contributed by atoms with Gasteiger partial charge in [0, 0.05) is 18.0 Å². The van der Waals surface area contributed by atoms with Crippen molar-refractivity contribution in [3.63, 3.8) is 0 Å². The van der Waals surface area contributed by atoms with Crippen LogP contribution >= 0.6 is 0 Å². The molecule has 0 saturated heterocycles. The predicted molar refractivity (Wildman–Crippen MR) is 76.2 cm³/mol. The third-order valence-electron chi connectivity index (χ3n) is 4.02. The molecule has 1 aliphatic heterocycles. The van der Waals surface area contributed by atoms with Crippen molar-refractivity contribution in [3.8, 4) is 5.75 Å². The molecular formula is C15H18N2O4. The lowest BCUT2D eigenvalue weighted by atomic mass is 10.1. The Morgan fingerprint density at radius 1 is 1.43 bits per heavy atom. The third-order valence-corrected chi connectivity index (χ3v) is 4.02. The molecule has 1 heterocycles. The fourth-order valence-electron chi connectivity index (χ4n) is 2.81. The first kappa shape index (κ1) is 13.9. The molecule has 2 atom stereocenters. The van der Waals surface area contributed by atoms with Gasteiger partial charge >= 0.3 is 0 Å². The van der Waals surface area contributed by atoms with E-state index in [1.165, 1.54) is 0 Å². The lowest BCUT2D eigenvalue weighted by molar-refractivity contribution is -0.118. The summed E-state index contributed by atoms with van der Waals surface area (Å²) in [5.41, 5.74) is 0.979. The minimum Gasteiger partial charge on any atom is -0.482 e. The molecule has 2 aliphatic rings. The van der Waals surface area contributed by atoms with Gasteiger partial charge in [0.05, 0.1) is 11.8 Å². The van der Waals surface area contributed by atoms with Gasteiger partial charge in [-0.3, -0.25) is 9.59 Å². The molecule has 112 valence electrons. The number of rotatable bonds is 3. The van der Waals surface area contributed by atoms with Crippen LogP contribution in [0.25, 0.3) is 0 Å². The van der Waals surface area contributed by atoms with E-state index in [-0.39, 0.29) is 30.4 Å². The zero-order valence-electron chi connectivity index (χ0n) is 11.6. The Hall–Kier alpha value is -2.08. The zero-order chi connectivity index (χ0) is 14.8. The van der Waals surface area contributed by atoms with Gasteiger partial charge in [-0.25, -0.2) is 0 Å². The molecule has 1 aromatic carbocycles. The first-order chi connectivity index (χ1) is 10.1. The Labute approximate surface area is 122 Å². The van der Waals surface area contributed by atoms with Gasteiger partial charge in [0.1, 0.15) is 5.75 Å². The van der Waals surface area contributed by atoms with Gasteiger partial charge in [0.25, 0.3) is 11.8 Å². The van der Waals surface area contributed by atoms with Crippen molar-refractivity contribution >= 4 is 17.5 Å². The van der Waals surface area contributed by atoms with E-state index in [4.69, 9.17) is 4.74 Å². The molecule has 0 bridgehead atoms. The summed E-state index contributed by atoms with van der Waals surface area (Å²) in [6, 6.07) is 4.94. The molecule has 0 radical (unpaired) electrons. The SMILES string of the molecule is O=C1COc2ccc(C(=O)NCC3CCCC3O)cc2N1. The molecular weight excluding hydrogens is 272 g/mol. The van der Waals surface area contributed by atoms with Gasteiger partial charge in [-0.2, -0.15) is 0 Å². The summed E-state index contributed by atoms with van der Waals surface area (Å²) in [6.07, 6.45) is 2.43. The normalized spacial score (nSPS) is 24.0. The number of aliphatic hydroxyl groups is 1. The fraction of sp³-hybridized carbons (Fsp3) is 0.467. The minimum atomic E-state index is -0.318. The van der Waals surface area contributed by atoms with Crippen LogP contribution < -0.4 is 15.4 Å². The second kappa shape index (κ2) is 5.73. The van der Waals surface area contributed by atoms with Crippen molar-refractivity contribution in [2.45, 2.75) is 25.4 Å². The number of fused-ring (bicyclic) bond motifs is 1. The van der Waals surface area contributed by atoms with E-state index >= 15 is 0 Å². The van der Waals surface area contributed by atoms with E-state index in [2.05, 4.69) is 10.6 Å². The van der Waals surface area contributed by atoms with E-state index in [0.29, 0.717) is 23.5 Å². The van der Waals surface area contributed by atoms with Crippen LogP contribution in [0.4, 0.5) is 5.69 Å². The summed E-state index contributed by atoms with van der Waals surface area (Å²) < 4.78 is 5.25. The summed E-state index contributed by atoms with van der Waals surface area (Å²) in [6.45, 7) is 0.470. The molecule has 2 unspecified atom stereocenters. The summed E-state index contributed by atoms with van der Waals surface area (Å²) in [4.78, 5) is 23.4. The number of anilines is 1. The van der Waals surface area contributed by atoms with Crippen molar-refractivity contribution in [1.29, 1.82) is 0 Å². The molecule has 0 spiro atoms. The van der Waals surface area contributed by atoms with E-state index < -0.39 is 0 Å². The van der Waals surface area contributed by atoms with E-state index in [1.54, 1.807) is 18.2 Å². The number of ether oxygens (including phenoxy) is 1. The number of hydrogen-bond acceptors (Lipinski definition) is 4.